The number of likely N-dealkylation sites (tertiary alicyclic amines) is 1. The Hall–Kier alpha value is -0.140. The zero-order valence-electron chi connectivity index (χ0n) is 11.6. The molecule has 1 amide bonds. The molecule has 1 unspecified atom stereocenters. The summed E-state index contributed by atoms with van der Waals surface area (Å²) >= 11 is 3.32. The third kappa shape index (κ3) is 3.95. The first-order valence-corrected chi connectivity index (χ1v) is 10.1. The van der Waals surface area contributed by atoms with Gasteiger partial charge in [-0.15, -0.1) is 0 Å². The molecule has 1 atom stereocenters. The number of hydrogen-bond acceptors (Lipinski definition) is 4. The van der Waals surface area contributed by atoms with Crippen LogP contribution in [0, 0.1) is 0 Å². The van der Waals surface area contributed by atoms with Crippen LogP contribution in [-0.2, 0) is 19.4 Å². The van der Waals surface area contributed by atoms with E-state index < -0.39 is 15.1 Å². The van der Waals surface area contributed by atoms with Gasteiger partial charge in [0.1, 0.15) is 5.25 Å². The van der Waals surface area contributed by atoms with Gasteiger partial charge in [0.05, 0.1) is 18.5 Å². The average molecular weight is 368 g/mol. The Kier molecular flexibility index (Phi) is 5.86. The van der Waals surface area contributed by atoms with Gasteiger partial charge in [0.15, 0.2) is 9.84 Å². The van der Waals surface area contributed by atoms with Crippen LogP contribution in [-0.4, -0.2) is 61.4 Å². The number of nitrogens with zero attached hydrogens (tertiary/aromatic N) is 1. The Bertz CT molecular complexity index is 432. The second-order valence-corrected chi connectivity index (χ2v) is 8.53. The molecule has 0 bridgehead atoms. The molecule has 0 spiro atoms. The number of sulfone groups is 1. The van der Waals surface area contributed by atoms with Crippen molar-refractivity contribution in [1.29, 1.82) is 0 Å². The van der Waals surface area contributed by atoms with Gasteiger partial charge in [-0.25, -0.2) is 8.42 Å². The fraction of sp³-hybridized carbons (Fsp3) is 0.923. The van der Waals surface area contributed by atoms with Crippen molar-refractivity contribution < 1.29 is 17.9 Å². The van der Waals surface area contributed by atoms with Crippen LogP contribution in [0.5, 0.6) is 0 Å². The Labute approximate surface area is 129 Å². The van der Waals surface area contributed by atoms with E-state index in [1.165, 1.54) is 0 Å². The van der Waals surface area contributed by atoms with Gasteiger partial charge < -0.3 is 9.64 Å². The Morgan fingerprint density at radius 2 is 1.90 bits per heavy atom. The van der Waals surface area contributed by atoms with Gasteiger partial charge in [-0.2, -0.15) is 0 Å². The third-order valence-electron chi connectivity index (χ3n) is 4.04. The Morgan fingerprint density at radius 3 is 2.50 bits per heavy atom. The second kappa shape index (κ2) is 7.22. The van der Waals surface area contributed by atoms with E-state index in [0.717, 1.165) is 24.6 Å². The highest BCUT2D eigenvalue weighted by Gasteiger charge is 2.38. The fourth-order valence-corrected chi connectivity index (χ4v) is 4.95. The molecule has 2 aliphatic rings. The zero-order valence-corrected chi connectivity index (χ0v) is 14.0. The molecule has 2 aliphatic heterocycles. The minimum atomic E-state index is -3.23. The van der Waals surface area contributed by atoms with Gasteiger partial charge in [0.2, 0.25) is 5.91 Å². The molecule has 2 rings (SSSR count). The number of carbonyl (C=O) groups excluding carboxylic acids is 1. The smallest absolute Gasteiger partial charge is 0.240 e. The lowest BCUT2D eigenvalue weighted by molar-refractivity contribution is -0.133. The van der Waals surface area contributed by atoms with Crippen molar-refractivity contribution in [1.82, 2.24) is 4.90 Å². The van der Waals surface area contributed by atoms with E-state index in [2.05, 4.69) is 15.9 Å². The Morgan fingerprint density at radius 1 is 1.20 bits per heavy atom. The molecule has 20 heavy (non-hydrogen) atoms. The maximum Gasteiger partial charge on any atom is 0.240 e. The van der Waals surface area contributed by atoms with Crippen molar-refractivity contribution in [2.75, 3.05) is 30.8 Å². The average Bonchev–Trinajstić information content (AvgIpc) is 2.44. The maximum absolute atomic E-state index is 12.4. The second-order valence-electron chi connectivity index (χ2n) is 5.44. The summed E-state index contributed by atoms with van der Waals surface area (Å²) in [5, 5.41) is 0.0168. The van der Waals surface area contributed by atoms with Crippen LogP contribution in [0.1, 0.15) is 32.1 Å². The number of alkyl halides is 1. The van der Waals surface area contributed by atoms with Gasteiger partial charge in [-0.3, -0.25) is 4.79 Å². The van der Waals surface area contributed by atoms with Crippen LogP contribution in [0.2, 0.25) is 0 Å². The summed E-state index contributed by atoms with van der Waals surface area (Å²) in [5.74, 6) is -0.0301. The monoisotopic (exact) mass is 367 g/mol. The number of piperidine rings is 1. The molecular weight excluding hydrogens is 346 g/mol. The summed E-state index contributed by atoms with van der Waals surface area (Å²) in [6, 6.07) is 0. The van der Waals surface area contributed by atoms with Gasteiger partial charge in [0, 0.05) is 18.4 Å². The van der Waals surface area contributed by atoms with E-state index in [-0.39, 0.29) is 17.8 Å². The van der Waals surface area contributed by atoms with Gasteiger partial charge in [-0.1, -0.05) is 22.4 Å². The largest absolute Gasteiger partial charge is 0.377 e. The van der Waals surface area contributed by atoms with E-state index in [1.54, 1.807) is 4.90 Å². The predicted molar refractivity (Wildman–Crippen MR) is 80.8 cm³/mol. The number of halogens is 1. The first-order valence-electron chi connectivity index (χ1n) is 7.22. The van der Waals surface area contributed by atoms with Gasteiger partial charge >= 0.3 is 0 Å². The summed E-state index contributed by atoms with van der Waals surface area (Å²) in [6.07, 6.45) is 3.80. The molecule has 0 aromatic carbocycles. The van der Waals surface area contributed by atoms with Crippen LogP contribution >= 0.6 is 15.9 Å². The number of carbonyl (C=O) groups is 1. The standard InChI is InChI=1S/C13H22BrNO4S/c14-6-9-19-11-4-7-15(8-5-11)13(16)12-3-1-2-10-20(12,17)18/h11-12H,1-10H2. The molecule has 0 N–H and O–H groups in total. The molecule has 0 radical (unpaired) electrons. The van der Waals surface area contributed by atoms with E-state index in [4.69, 9.17) is 4.74 Å². The highest BCUT2D eigenvalue weighted by Crippen LogP contribution is 2.23. The van der Waals surface area contributed by atoms with Crippen LogP contribution < -0.4 is 0 Å². The predicted octanol–water partition coefficient (Wildman–Crippen LogP) is 1.36. The highest BCUT2D eigenvalue weighted by molar-refractivity contribution is 9.09. The normalized spacial score (nSPS) is 27.4. The summed E-state index contributed by atoms with van der Waals surface area (Å²) in [6.45, 7) is 1.89. The summed E-state index contributed by atoms with van der Waals surface area (Å²) in [4.78, 5) is 14.1. The van der Waals surface area contributed by atoms with E-state index in [1.807, 2.05) is 0 Å². The van der Waals surface area contributed by atoms with Crippen molar-refractivity contribution in [3.05, 3.63) is 0 Å². The third-order valence-corrected chi connectivity index (χ3v) is 6.52. The molecule has 0 saturated carbocycles. The molecule has 5 nitrogen and oxygen atoms in total. The van der Waals surface area contributed by atoms with Crippen molar-refractivity contribution >= 4 is 31.7 Å². The number of ether oxygens (including phenoxy) is 1. The molecule has 2 fully saturated rings. The fourth-order valence-electron chi connectivity index (χ4n) is 2.89. The number of hydrogen-bond donors (Lipinski definition) is 0. The Balaban J connectivity index is 1.88. The minimum Gasteiger partial charge on any atom is -0.377 e. The summed E-state index contributed by atoms with van der Waals surface area (Å²) < 4.78 is 29.6. The van der Waals surface area contributed by atoms with Crippen LogP contribution in [0.15, 0.2) is 0 Å². The molecule has 116 valence electrons. The van der Waals surface area contributed by atoms with Crippen molar-refractivity contribution in [3.63, 3.8) is 0 Å². The van der Waals surface area contributed by atoms with Gasteiger partial charge in [0.25, 0.3) is 0 Å². The molecule has 0 aliphatic carbocycles. The lowest BCUT2D eigenvalue weighted by Gasteiger charge is -2.34. The van der Waals surface area contributed by atoms with Crippen molar-refractivity contribution in [2.24, 2.45) is 0 Å². The van der Waals surface area contributed by atoms with E-state index >= 15 is 0 Å². The van der Waals surface area contributed by atoms with Gasteiger partial charge in [-0.05, 0) is 25.7 Å². The van der Waals surface area contributed by atoms with Crippen molar-refractivity contribution in [3.8, 4) is 0 Å². The van der Waals surface area contributed by atoms with Crippen LogP contribution in [0.3, 0.4) is 0 Å². The lowest BCUT2D eigenvalue weighted by Crippen LogP contribution is -2.49. The zero-order chi connectivity index (χ0) is 14.6. The molecule has 7 heteroatoms. The first kappa shape index (κ1) is 16.2. The van der Waals surface area contributed by atoms with E-state index in [9.17, 15) is 13.2 Å². The SMILES string of the molecule is O=C(C1CCCCS1(=O)=O)N1CCC(OCCBr)CC1. The first-order chi connectivity index (χ1) is 9.54. The summed E-state index contributed by atoms with van der Waals surface area (Å²) in [7, 11) is -3.23. The highest BCUT2D eigenvalue weighted by atomic mass is 79.9. The lowest BCUT2D eigenvalue weighted by atomic mass is 10.1. The number of amides is 1. The maximum atomic E-state index is 12.4. The molecule has 2 heterocycles. The molecule has 2 saturated heterocycles. The summed E-state index contributed by atoms with van der Waals surface area (Å²) in [5.41, 5.74) is 0. The van der Waals surface area contributed by atoms with Crippen molar-refractivity contribution in [2.45, 2.75) is 43.5 Å². The molecule has 0 aromatic heterocycles. The number of rotatable bonds is 4. The van der Waals surface area contributed by atoms with Crippen LogP contribution in [0.25, 0.3) is 0 Å². The van der Waals surface area contributed by atoms with E-state index in [0.29, 0.717) is 32.5 Å². The molecule has 0 aromatic rings. The van der Waals surface area contributed by atoms with Crippen LogP contribution in [0.4, 0.5) is 0 Å². The quantitative estimate of drug-likeness (QED) is 0.703. The molecular formula is C13H22BrNO4S. The minimum absolute atomic E-state index is 0.161. The topological polar surface area (TPSA) is 63.7 Å².